The summed E-state index contributed by atoms with van der Waals surface area (Å²) in [7, 11) is 0. The number of amides is 2. The monoisotopic (exact) mass is 361 g/mol. The Balaban J connectivity index is 2.09. The van der Waals surface area contributed by atoms with Crippen molar-refractivity contribution in [3.63, 3.8) is 0 Å². The number of hydrogen-bond acceptors (Lipinski definition) is 5. The summed E-state index contributed by atoms with van der Waals surface area (Å²) >= 11 is 3.04. The lowest BCUT2D eigenvalue weighted by Gasteiger charge is -2.19. The fraction of sp³-hybridized carbons (Fsp3) is 0.353. The average Bonchev–Trinajstić information content (AvgIpc) is 3.07. The lowest BCUT2D eigenvalue weighted by Crippen LogP contribution is -2.30. The predicted octanol–water partition coefficient (Wildman–Crippen LogP) is 3.77. The number of carbonyl (C=O) groups is 2. The molecule has 0 aliphatic carbocycles. The smallest absolute Gasteiger partial charge is 0.255 e. The Morgan fingerprint density at radius 1 is 1.42 bits per heavy atom. The molecule has 1 N–H and O–H groups in total. The zero-order valence-corrected chi connectivity index (χ0v) is 15.7. The summed E-state index contributed by atoms with van der Waals surface area (Å²) in [5.41, 5.74) is 3.81. The molecule has 2 amide bonds. The number of thiazole rings is 1. The highest BCUT2D eigenvalue weighted by Gasteiger charge is 2.32. The molecule has 1 aliphatic heterocycles. The molecule has 7 heteroatoms. The van der Waals surface area contributed by atoms with E-state index in [4.69, 9.17) is 0 Å². The maximum absolute atomic E-state index is 12.7. The molecule has 1 aromatic heterocycles. The summed E-state index contributed by atoms with van der Waals surface area (Å²) in [5.74, 6) is 0.111. The number of aryl methyl sites for hydroxylation is 1. The van der Waals surface area contributed by atoms with Crippen LogP contribution in [0.4, 0.5) is 5.13 Å². The van der Waals surface area contributed by atoms with Crippen molar-refractivity contribution in [1.82, 2.24) is 9.88 Å². The van der Waals surface area contributed by atoms with E-state index >= 15 is 0 Å². The van der Waals surface area contributed by atoms with Gasteiger partial charge in [0.25, 0.3) is 5.91 Å². The number of nitrogens with one attached hydrogen (secondary N) is 1. The molecule has 2 aromatic rings. The Hall–Kier alpha value is -1.86. The SMILES string of the molecule is CSc1cc(-c2sc(NC=O)nc2C)cc2c1C(=O)N(C(C)C)C2. The van der Waals surface area contributed by atoms with E-state index < -0.39 is 0 Å². The van der Waals surface area contributed by atoms with Crippen LogP contribution in [0.15, 0.2) is 17.0 Å². The van der Waals surface area contributed by atoms with Crippen LogP contribution in [0.25, 0.3) is 10.4 Å². The molecule has 0 saturated carbocycles. The topological polar surface area (TPSA) is 62.3 Å². The van der Waals surface area contributed by atoms with E-state index in [0.717, 1.165) is 32.2 Å². The zero-order valence-electron chi connectivity index (χ0n) is 14.0. The van der Waals surface area contributed by atoms with Crippen molar-refractivity contribution in [3.8, 4) is 10.4 Å². The van der Waals surface area contributed by atoms with Gasteiger partial charge in [0.2, 0.25) is 6.41 Å². The highest BCUT2D eigenvalue weighted by Crippen LogP contribution is 2.39. The number of hydrogen-bond donors (Lipinski definition) is 1. The first-order valence-corrected chi connectivity index (χ1v) is 9.70. The Bertz CT molecular complexity index is 814. The van der Waals surface area contributed by atoms with Crippen LogP contribution in [0.1, 0.15) is 35.5 Å². The standard InChI is InChI=1S/C17H19N3O2S2/c1-9(2)20-7-12-5-11(6-13(23-4)14(12)16(20)22)15-10(3)19-17(24-15)18-8-21/h5-6,8-9H,7H2,1-4H3,(H,18,19,21). The third-order valence-corrected chi connectivity index (χ3v) is 5.98. The number of carbonyl (C=O) groups excluding carboxylic acids is 2. The lowest BCUT2D eigenvalue weighted by molar-refractivity contribution is -0.105. The van der Waals surface area contributed by atoms with Gasteiger partial charge in [-0.3, -0.25) is 9.59 Å². The summed E-state index contributed by atoms with van der Waals surface area (Å²) in [5, 5.41) is 3.19. The number of rotatable bonds is 5. The minimum absolute atomic E-state index is 0.111. The molecule has 0 saturated heterocycles. The number of nitrogens with zero attached hydrogens (tertiary/aromatic N) is 2. The van der Waals surface area contributed by atoms with E-state index in [1.165, 1.54) is 11.3 Å². The second-order valence-electron chi connectivity index (χ2n) is 5.94. The molecule has 1 aliphatic rings. The average molecular weight is 361 g/mol. The summed E-state index contributed by atoms with van der Waals surface area (Å²) < 4.78 is 0. The summed E-state index contributed by atoms with van der Waals surface area (Å²) in [4.78, 5) is 31.6. The van der Waals surface area contributed by atoms with Crippen LogP contribution >= 0.6 is 23.1 Å². The van der Waals surface area contributed by atoms with Crippen molar-refractivity contribution >= 4 is 40.5 Å². The molecule has 3 rings (SSSR count). The Labute approximate surface area is 149 Å². The van der Waals surface area contributed by atoms with E-state index in [2.05, 4.69) is 22.4 Å². The maximum Gasteiger partial charge on any atom is 0.255 e. The second-order valence-corrected chi connectivity index (χ2v) is 7.78. The molecule has 0 unspecified atom stereocenters. The number of thioether (sulfide) groups is 1. The van der Waals surface area contributed by atoms with Crippen molar-refractivity contribution in [2.75, 3.05) is 11.6 Å². The minimum Gasteiger partial charge on any atom is -0.332 e. The van der Waals surface area contributed by atoms with E-state index in [1.54, 1.807) is 11.8 Å². The number of anilines is 1. The zero-order chi connectivity index (χ0) is 17.4. The van der Waals surface area contributed by atoms with Crippen LogP contribution in [-0.4, -0.2) is 34.5 Å². The van der Waals surface area contributed by atoms with E-state index in [9.17, 15) is 9.59 Å². The van der Waals surface area contributed by atoms with Gasteiger partial charge in [-0.1, -0.05) is 11.3 Å². The lowest BCUT2D eigenvalue weighted by atomic mass is 10.0. The Morgan fingerprint density at radius 3 is 2.79 bits per heavy atom. The quantitative estimate of drug-likeness (QED) is 0.650. The van der Waals surface area contributed by atoms with E-state index in [0.29, 0.717) is 18.1 Å². The van der Waals surface area contributed by atoms with Gasteiger partial charge in [0, 0.05) is 17.5 Å². The highest BCUT2D eigenvalue weighted by molar-refractivity contribution is 7.98. The number of benzene rings is 1. The molecular formula is C17H19N3O2S2. The van der Waals surface area contributed by atoms with Gasteiger partial charge < -0.3 is 10.2 Å². The van der Waals surface area contributed by atoms with E-state index in [1.807, 2.05) is 31.9 Å². The molecule has 24 heavy (non-hydrogen) atoms. The summed E-state index contributed by atoms with van der Waals surface area (Å²) in [6, 6.07) is 4.31. The van der Waals surface area contributed by atoms with Crippen LogP contribution in [0, 0.1) is 6.92 Å². The molecular weight excluding hydrogens is 342 g/mol. The molecule has 5 nitrogen and oxygen atoms in total. The number of fused-ring (bicyclic) bond motifs is 1. The first-order chi connectivity index (χ1) is 11.5. The van der Waals surface area contributed by atoms with Crippen LogP contribution in [0.3, 0.4) is 0 Å². The van der Waals surface area contributed by atoms with Gasteiger partial charge in [-0.05, 0) is 50.3 Å². The first-order valence-electron chi connectivity index (χ1n) is 7.66. The normalized spacial score (nSPS) is 13.5. The largest absolute Gasteiger partial charge is 0.332 e. The Kier molecular flexibility index (Phi) is 4.64. The van der Waals surface area contributed by atoms with Crippen molar-refractivity contribution in [3.05, 3.63) is 29.0 Å². The molecule has 2 heterocycles. The molecule has 1 aromatic carbocycles. The second kappa shape index (κ2) is 6.57. The van der Waals surface area contributed by atoms with Crippen LogP contribution in [0.2, 0.25) is 0 Å². The predicted molar refractivity (Wildman–Crippen MR) is 98.8 cm³/mol. The summed E-state index contributed by atoms with van der Waals surface area (Å²) in [6.07, 6.45) is 2.63. The van der Waals surface area contributed by atoms with Gasteiger partial charge >= 0.3 is 0 Å². The van der Waals surface area contributed by atoms with Crippen molar-refractivity contribution < 1.29 is 9.59 Å². The van der Waals surface area contributed by atoms with Crippen molar-refractivity contribution in [2.24, 2.45) is 0 Å². The van der Waals surface area contributed by atoms with Gasteiger partial charge in [-0.2, -0.15) is 0 Å². The van der Waals surface area contributed by atoms with Gasteiger partial charge in [0.15, 0.2) is 5.13 Å². The molecule has 0 atom stereocenters. The fourth-order valence-electron chi connectivity index (χ4n) is 2.93. The number of aromatic nitrogens is 1. The van der Waals surface area contributed by atoms with Crippen molar-refractivity contribution in [2.45, 2.75) is 38.3 Å². The van der Waals surface area contributed by atoms with Gasteiger partial charge in [-0.15, -0.1) is 11.8 Å². The highest BCUT2D eigenvalue weighted by atomic mass is 32.2. The molecule has 126 valence electrons. The maximum atomic E-state index is 12.7. The molecule has 0 fully saturated rings. The molecule has 0 radical (unpaired) electrons. The summed E-state index contributed by atoms with van der Waals surface area (Å²) in [6.45, 7) is 6.65. The van der Waals surface area contributed by atoms with E-state index in [-0.39, 0.29) is 11.9 Å². The molecule has 0 spiro atoms. The third kappa shape index (κ3) is 2.82. The Morgan fingerprint density at radius 2 is 2.17 bits per heavy atom. The van der Waals surface area contributed by atoms with Crippen LogP contribution in [-0.2, 0) is 11.3 Å². The third-order valence-electron chi connectivity index (χ3n) is 4.08. The van der Waals surface area contributed by atoms with Gasteiger partial charge in [0.1, 0.15) is 0 Å². The van der Waals surface area contributed by atoms with Crippen LogP contribution in [0.5, 0.6) is 0 Å². The van der Waals surface area contributed by atoms with Gasteiger partial charge in [0.05, 0.1) is 16.1 Å². The van der Waals surface area contributed by atoms with Crippen molar-refractivity contribution in [1.29, 1.82) is 0 Å². The first kappa shape index (κ1) is 17.0. The molecule has 0 bridgehead atoms. The minimum atomic E-state index is 0.111. The van der Waals surface area contributed by atoms with Gasteiger partial charge in [-0.25, -0.2) is 4.98 Å². The van der Waals surface area contributed by atoms with Crippen LogP contribution < -0.4 is 5.32 Å². The fourth-order valence-corrected chi connectivity index (χ4v) is 4.50.